The summed E-state index contributed by atoms with van der Waals surface area (Å²) in [6, 6.07) is 12.0. The lowest BCUT2D eigenvalue weighted by Gasteiger charge is -2.19. The van der Waals surface area contributed by atoms with Crippen LogP contribution in [0.5, 0.6) is 0 Å². The lowest BCUT2D eigenvalue weighted by Crippen LogP contribution is -2.27. The molecule has 1 aromatic carbocycles. The second-order valence-corrected chi connectivity index (χ2v) is 4.98. The predicted octanol–water partition coefficient (Wildman–Crippen LogP) is 2.83. The van der Waals surface area contributed by atoms with Crippen LogP contribution in [-0.2, 0) is 11.3 Å². The maximum Gasteiger partial charge on any atom is 0.226 e. The molecule has 5 nitrogen and oxygen atoms in total. The fraction of sp³-hybridized carbons (Fsp3) is 0.375. The molecular formula is C16H21N3O2. The van der Waals surface area contributed by atoms with Crippen LogP contribution in [0.3, 0.4) is 0 Å². The maximum atomic E-state index is 11.9. The van der Waals surface area contributed by atoms with Crippen LogP contribution in [0.1, 0.15) is 24.7 Å². The lowest BCUT2D eigenvalue weighted by atomic mass is 10.2. The molecule has 1 amide bonds. The van der Waals surface area contributed by atoms with Crippen molar-refractivity contribution in [3.8, 4) is 0 Å². The smallest absolute Gasteiger partial charge is 0.226 e. The molecule has 21 heavy (non-hydrogen) atoms. The number of hydrogen-bond acceptors (Lipinski definition) is 4. The summed E-state index contributed by atoms with van der Waals surface area (Å²) >= 11 is 0. The zero-order valence-electron chi connectivity index (χ0n) is 12.5. The van der Waals surface area contributed by atoms with Crippen molar-refractivity contribution in [2.75, 3.05) is 18.4 Å². The minimum Gasteiger partial charge on any atom is -0.360 e. The van der Waals surface area contributed by atoms with Gasteiger partial charge in [-0.15, -0.1) is 0 Å². The number of benzene rings is 1. The summed E-state index contributed by atoms with van der Waals surface area (Å²) in [6.45, 7) is 6.37. The molecule has 0 radical (unpaired) electrons. The summed E-state index contributed by atoms with van der Waals surface area (Å²) in [6.07, 6.45) is 0.437. The van der Waals surface area contributed by atoms with Gasteiger partial charge in [0.15, 0.2) is 5.82 Å². The first-order valence-corrected chi connectivity index (χ1v) is 7.17. The van der Waals surface area contributed by atoms with Gasteiger partial charge >= 0.3 is 0 Å². The van der Waals surface area contributed by atoms with E-state index in [1.54, 1.807) is 13.0 Å². The minimum absolute atomic E-state index is 0.0465. The molecule has 0 unspecified atom stereocenters. The first-order valence-electron chi connectivity index (χ1n) is 7.17. The second kappa shape index (κ2) is 7.59. The third-order valence-electron chi connectivity index (χ3n) is 3.25. The Morgan fingerprint density at radius 3 is 2.71 bits per heavy atom. The standard InChI is InChI=1S/C16H21N3O2/c1-3-19(12-14-7-5-4-6-8-14)10-9-16(20)17-15-11-13(2)21-18-15/h4-8,11H,3,9-10,12H2,1-2H3,(H,17,18,20). The molecule has 1 aromatic heterocycles. The second-order valence-electron chi connectivity index (χ2n) is 4.98. The van der Waals surface area contributed by atoms with E-state index in [1.165, 1.54) is 5.56 Å². The third kappa shape index (κ3) is 5.04. The van der Waals surface area contributed by atoms with Crippen molar-refractivity contribution in [2.45, 2.75) is 26.8 Å². The Kier molecular flexibility index (Phi) is 5.51. The molecule has 5 heteroatoms. The van der Waals surface area contributed by atoms with E-state index >= 15 is 0 Å². The van der Waals surface area contributed by atoms with Crippen molar-refractivity contribution in [1.82, 2.24) is 10.1 Å². The fourth-order valence-corrected chi connectivity index (χ4v) is 2.08. The highest BCUT2D eigenvalue weighted by molar-refractivity contribution is 5.89. The largest absolute Gasteiger partial charge is 0.360 e. The number of anilines is 1. The highest BCUT2D eigenvalue weighted by atomic mass is 16.5. The Balaban J connectivity index is 1.78. The molecule has 0 fully saturated rings. The fourth-order valence-electron chi connectivity index (χ4n) is 2.08. The van der Waals surface area contributed by atoms with Gasteiger partial charge in [0, 0.05) is 25.6 Å². The van der Waals surface area contributed by atoms with Gasteiger partial charge < -0.3 is 9.84 Å². The van der Waals surface area contributed by atoms with E-state index in [9.17, 15) is 4.79 Å². The highest BCUT2D eigenvalue weighted by Crippen LogP contribution is 2.08. The van der Waals surface area contributed by atoms with E-state index in [-0.39, 0.29) is 5.91 Å². The zero-order valence-corrected chi connectivity index (χ0v) is 12.5. The highest BCUT2D eigenvalue weighted by Gasteiger charge is 2.09. The van der Waals surface area contributed by atoms with Crippen LogP contribution < -0.4 is 5.32 Å². The lowest BCUT2D eigenvalue weighted by molar-refractivity contribution is -0.116. The average Bonchev–Trinajstić information content (AvgIpc) is 2.89. The molecular weight excluding hydrogens is 266 g/mol. The van der Waals surface area contributed by atoms with Gasteiger partial charge in [-0.1, -0.05) is 42.4 Å². The first kappa shape index (κ1) is 15.3. The number of hydrogen-bond donors (Lipinski definition) is 1. The quantitative estimate of drug-likeness (QED) is 0.850. The van der Waals surface area contributed by atoms with E-state index in [4.69, 9.17) is 4.52 Å². The number of nitrogens with zero attached hydrogens (tertiary/aromatic N) is 2. The molecule has 0 aliphatic heterocycles. The van der Waals surface area contributed by atoms with Crippen molar-refractivity contribution in [3.63, 3.8) is 0 Å². The van der Waals surface area contributed by atoms with Gasteiger partial charge in [0.25, 0.3) is 0 Å². The summed E-state index contributed by atoms with van der Waals surface area (Å²) in [5.41, 5.74) is 1.26. The van der Waals surface area contributed by atoms with Crippen LogP contribution in [0.2, 0.25) is 0 Å². The molecule has 1 heterocycles. The van der Waals surface area contributed by atoms with Crippen molar-refractivity contribution in [2.24, 2.45) is 0 Å². The van der Waals surface area contributed by atoms with E-state index in [1.807, 2.05) is 18.2 Å². The van der Waals surface area contributed by atoms with E-state index in [2.05, 4.69) is 34.4 Å². The molecule has 2 rings (SSSR count). The van der Waals surface area contributed by atoms with Gasteiger partial charge in [-0.2, -0.15) is 0 Å². The summed E-state index contributed by atoms with van der Waals surface area (Å²) in [5, 5.41) is 6.49. The molecule has 112 valence electrons. The Morgan fingerprint density at radius 2 is 2.10 bits per heavy atom. The monoisotopic (exact) mass is 287 g/mol. The van der Waals surface area contributed by atoms with Gasteiger partial charge in [0.05, 0.1) is 0 Å². The molecule has 0 aliphatic carbocycles. The number of aromatic nitrogens is 1. The molecule has 0 bridgehead atoms. The van der Waals surface area contributed by atoms with Gasteiger partial charge in [-0.3, -0.25) is 9.69 Å². The van der Waals surface area contributed by atoms with Gasteiger partial charge in [0.1, 0.15) is 5.76 Å². The molecule has 0 saturated heterocycles. The molecule has 1 N–H and O–H groups in total. The predicted molar refractivity (Wildman–Crippen MR) is 81.9 cm³/mol. The van der Waals surface area contributed by atoms with Crippen LogP contribution in [0.4, 0.5) is 5.82 Å². The number of aryl methyl sites for hydroxylation is 1. The number of carbonyl (C=O) groups excluding carboxylic acids is 1. The summed E-state index contributed by atoms with van der Waals surface area (Å²) in [4.78, 5) is 14.1. The van der Waals surface area contributed by atoms with Gasteiger partial charge in [0.2, 0.25) is 5.91 Å². The summed E-state index contributed by atoms with van der Waals surface area (Å²) < 4.78 is 4.92. The SMILES string of the molecule is CCN(CCC(=O)Nc1cc(C)on1)Cc1ccccc1. The molecule has 0 saturated carbocycles. The average molecular weight is 287 g/mol. The number of carbonyl (C=O) groups is 1. The van der Waals surface area contributed by atoms with Crippen LogP contribution in [0.25, 0.3) is 0 Å². The van der Waals surface area contributed by atoms with Gasteiger partial charge in [-0.05, 0) is 19.0 Å². The minimum atomic E-state index is -0.0465. The third-order valence-corrected chi connectivity index (χ3v) is 3.25. The van der Waals surface area contributed by atoms with Crippen LogP contribution in [0, 0.1) is 6.92 Å². The Hall–Kier alpha value is -2.14. The van der Waals surface area contributed by atoms with Crippen molar-refractivity contribution >= 4 is 11.7 Å². The van der Waals surface area contributed by atoms with Crippen LogP contribution in [0.15, 0.2) is 40.9 Å². The number of rotatable bonds is 7. The maximum absolute atomic E-state index is 11.9. The first-order chi connectivity index (χ1) is 10.2. The van der Waals surface area contributed by atoms with E-state index < -0.39 is 0 Å². The topological polar surface area (TPSA) is 58.4 Å². The van der Waals surface area contributed by atoms with Crippen molar-refractivity contribution in [1.29, 1.82) is 0 Å². The van der Waals surface area contributed by atoms with E-state index in [0.717, 1.165) is 13.1 Å². The normalized spacial score (nSPS) is 10.8. The Morgan fingerprint density at radius 1 is 1.33 bits per heavy atom. The van der Waals surface area contributed by atoms with Crippen LogP contribution in [-0.4, -0.2) is 29.1 Å². The number of nitrogens with one attached hydrogen (secondary N) is 1. The summed E-state index contributed by atoms with van der Waals surface area (Å²) in [5.74, 6) is 1.11. The molecule has 0 aliphatic rings. The molecule has 0 spiro atoms. The zero-order chi connectivity index (χ0) is 15.1. The van der Waals surface area contributed by atoms with Crippen molar-refractivity contribution in [3.05, 3.63) is 47.7 Å². The Labute approximate surface area is 124 Å². The molecule has 0 atom stereocenters. The molecule has 2 aromatic rings. The van der Waals surface area contributed by atoms with Crippen molar-refractivity contribution < 1.29 is 9.32 Å². The van der Waals surface area contributed by atoms with Gasteiger partial charge in [-0.25, -0.2) is 0 Å². The van der Waals surface area contributed by atoms with Crippen LogP contribution >= 0.6 is 0 Å². The Bertz CT molecular complexity index is 566. The summed E-state index contributed by atoms with van der Waals surface area (Å²) in [7, 11) is 0. The number of amides is 1. The van der Waals surface area contributed by atoms with E-state index in [0.29, 0.717) is 24.5 Å².